The van der Waals surface area contributed by atoms with Crippen LogP contribution in [0.15, 0.2) is 79.8 Å². The molecule has 1 amide bonds. The van der Waals surface area contributed by atoms with E-state index < -0.39 is 0 Å². The highest BCUT2D eigenvalue weighted by atomic mass is 79.9. The molecule has 1 aliphatic rings. The van der Waals surface area contributed by atoms with E-state index in [0.29, 0.717) is 17.4 Å². The summed E-state index contributed by atoms with van der Waals surface area (Å²) >= 11 is 6.76. The summed E-state index contributed by atoms with van der Waals surface area (Å²) in [6, 6.07) is 19.7. The molecule has 4 nitrogen and oxygen atoms in total. The van der Waals surface area contributed by atoms with Crippen LogP contribution in [0.2, 0.25) is 0 Å². The highest BCUT2D eigenvalue weighted by Gasteiger charge is 2.28. The largest absolute Gasteiger partial charge is 0.493 e. The molecule has 7 heteroatoms. The van der Waals surface area contributed by atoms with Gasteiger partial charge in [-0.05, 0) is 40.2 Å². The topological polar surface area (TPSA) is 38.8 Å². The minimum absolute atomic E-state index is 0.0438. The van der Waals surface area contributed by atoms with Crippen LogP contribution in [-0.2, 0) is 4.79 Å². The van der Waals surface area contributed by atoms with E-state index in [9.17, 15) is 4.79 Å². The molecule has 29 heavy (non-hydrogen) atoms. The highest BCUT2D eigenvalue weighted by Crippen LogP contribution is 2.51. The number of fused-ring (bicyclic) bond motifs is 2. The number of rotatable bonds is 5. The Morgan fingerprint density at radius 3 is 2.55 bits per heavy atom. The number of halogens is 1. The van der Waals surface area contributed by atoms with E-state index in [4.69, 9.17) is 9.47 Å². The van der Waals surface area contributed by atoms with Crippen LogP contribution in [0.3, 0.4) is 0 Å². The van der Waals surface area contributed by atoms with Gasteiger partial charge in [-0.1, -0.05) is 47.8 Å². The van der Waals surface area contributed by atoms with Gasteiger partial charge in [-0.2, -0.15) is 0 Å². The Hall–Kier alpha value is -2.09. The second-order valence-corrected chi connectivity index (χ2v) is 9.13. The molecule has 0 bridgehead atoms. The molecule has 3 aromatic carbocycles. The zero-order valence-corrected chi connectivity index (χ0v) is 19.1. The van der Waals surface area contributed by atoms with E-state index in [1.165, 1.54) is 0 Å². The van der Waals surface area contributed by atoms with E-state index >= 15 is 0 Å². The average molecular weight is 488 g/mol. The standard InChI is InChI=1S/C22H18BrNO3S2/c1-14(25)24-16-8-4-6-10-21(16)29-22-12-18(26-2)19(11-17(22)24)27-13-28-20-9-5-3-7-15(20)23/h3-12H,13H2,1-2H3. The molecule has 1 heterocycles. The van der Waals surface area contributed by atoms with Gasteiger partial charge in [0.15, 0.2) is 11.5 Å². The second kappa shape index (κ2) is 8.73. The zero-order chi connectivity index (χ0) is 20.4. The number of methoxy groups -OCH3 is 1. The number of para-hydroxylation sites is 1. The lowest BCUT2D eigenvalue weighted by atomic mass is 10.2. The highest BCUT2D eigenvalue weighted by molar-refractivity contribution is 9.10. The van der Waals surface area contributed by atoms with Gasteiger partial charge < -0.3 is 9.47 Å². The number of nitrogens with zero attached hydrogens (tertiary/aromatic N) is 1. The molecule has 0 saturated heterocycles. The van der Waals surface area contributed by atoms with Crippen LogP contribution in [-0.4, -0.2) is 19.0 Å². The summed E-state index contributed by atoms with van der Waals surface area (Å²) < 4.78 is 12.6. The number of carbonyl (C=O) groups is 1. The molecule has 0 spiro atoms. The average Bonchev–Trinajstić information content (AvgIpc) is 2.72. The fraction of sp³-hybridized carbons (Fsp3) is 0.136. The van der Waals surface area contributed by atoms with Crippen molar-refractivity contribution in [2.45, 2.75) is 21.6 Å². The van der Waals surface area contributed by atoms with Crippen molar-refractivity contribution in [1.82, 2.24) is 0 Å². The van der Waals surface area contributed by atoms with Crippen molar-refractivity contribution in [2.75, 3.05) is 17.9 Å². The molecule has 0 aromatic heterocycles. The minimum Gasteiger partial charge on any atom is -0.493 e. The summed E-state index contributed by atoms with van der Waals surface area (Å²) in [6.07, 6.45) is 0. The van der Waals surface area contributed by atoms with Crippen molar-refractivity contribution in [3.8, 4) is 11.5 Å². The summed E-state index contributed by atoms with van der Waals surface area (Å²) in [5, 5.41) is 0. The first-order chi connectivity index (χ1) is 14.1. The number of carbonyl (C=O) groups excluding carboxylic acids is 1. The van der Waals surface area contributed by atoms with Crippen molar-refractivity contribution < 1.29 is 14.3 Å². The number of ether oxygens (including phenoxy) is 2. The number of hydrogen-bond acceptors (Lipinski definition) is 5. The molecule has 148 valence electrons. The molecular formula is C22H18BrNO3S2. The SMILES string of the molecule is COc1cc2c(cc1OCSc1ccccc1Br)N(C(C)=O)c1ccccc1S2. The summed E-state index contributed by atoms with van der Waals surface area (Å²) in [5.74, 6) is 1.63. The maximum Gasteiger partial charge on any atom is 0.228 e. The molecule has 0 saturated carbocycles. The molecule has 0 unspecified atom stereocenters. The molecule has 0 atom stereocenters. The van der Waals surface area contributed by atoms with Crippen LogP contribution >= 0.6 is 39.5 Å². The van der Waals surface area contributed by atoms with Crippen molar-refractivity contribution in [2.24, 2.45) is 0 Å². The lowest BCUT2D eigenvalue weighted by Crippen LogP contribution is -2.25. The van der Waals surface area contributed by atoms with E-state index in [2.05, 4.69) is 15.9 Å². The molecule has 1 aliphatic heterocycles. The maximum absolute atomic E-state index is 12.5. The van der Waals surface area contributed by atoms with E-state index in [1.54, 1.807) is 42.5 Å². The van der Waals surface area contributed by atoms with Crippen LogP contribution in [0.1, 0.15) is 6.92 Å². The van der Waals surface area contributed by atoms with Crippen LogP contribution in [0.5, 0.6) is 11.5 Å². The molecule has 3 aromatic rings. The number of thioether (sulfide) groups is 1. The second-order valence-electron chi connectivity index (χ2n) is 6.23. The quantitative estimate of drug-likeness (QED) is 0.294. The van der Waals surface area contributed by atoms with Crippen LogP contribution in [0.25, 0.3) is 0 Å². The maximum atomic E-state index is 12.5. The van der Waals surface area contributed by atoms with Gasteiger partial charge in [0.2, 0.25) is 5.91 Å². The Labute approximate surface area is 186 Å². The van der Waals surface area contributed by atoms with Crippen LogP contribution < -0.4 is 14.4 Å². The lowest BCUT2D eigenvalue weighted by Gasteiger charge is -2.31. The normalized spacial score (nSPS) is 12.2. The predicted octanol–water partition coefficient (Wildman–Crippen LogP) is 6.74. The van der Waals surface area contributed by atoms with Gasteiger partial charge in [-0.15, -0.1) is 0 Å². The zero-order valence-electron chi connectivity index (χ0n) is 15.8. The first kappa shape index (κ1) is 20.2. The third-order valence-corrected chi connectivity index (χ3v) is 7.36. The number of hydrogen-bond donors (Lipinski definition) is 0. The van der Waals surface area contributed by atoms with Crippen LogP contribution in [0.4, 0.5) is 11.4 Å². The van der Waals surface area contributed by atoms with E-state index in [1.807, 2.05) is 60.7 Å². The van der Waals surface area contributed by atoms with Crippen LogP contribution in [0, 0.1) is 0 Å². The summed E-state index contributed by atoms with van der Waals surface area (Å²) in [6.45, 7) is 1.57. The summed E-state index contributed by atoms with van der Waals surface area (Å²) in [7, 11) is 1.62. The Morgan fingerprint density at radius 2 is 1.79 bits per heavy atom. The predicted molar refractivity (Wildman–Crippen MR) is 122 cm³/mol. The molecular weight excluding hydrogens is 470 g/mol. The van der Waals surface area contributed by atoms with Crippen molar-refractivity contribution in [3.63, 3.8) is 0 Å². The Balaban J connectivity index is 1.64. The third kappa shape index (κ3) is 4.13. The van der Waals surface area contributed by atoms with Gasteiger partial charge in [0.1, 0.15) is 5.94 Å². The summed E-state index contributed by atoms with van der Waals surface area (Å²) in [4.78, 5) is 17.3. The number of benzene rings is 3. The summed E-state index contributed by atoms with van der Waals surface area (Å²) in [5.41, 5.74) is 1.69. The minimum atomic E-state index is -0.0438. The number of amides is 1. The van der Waals surface area contributed by atoms with Gasteiger partial charge in [0.05, 0.1) is 18.5 Å². The van der Waals surface area contributed by atoms with Gasteiger partial charge in [0.25, 0.3) is 0 Å². The van der Waals surface area contributed by atoms with E-state index in [0.717, 1.165) is 30.5 Å². The Bertz CT molecular complexity index is 1070. The van der Waals surface area contributed by atoms with Gasteiger partial charge >= 0.3 is 0 Å². The van der Waals surface area contributed by atoms with Crippen molar-refractivity contribution in [1.29, 1.82) is 0 Å². The fourth-order valence-corrected chi connectivity index (χ4v) is 5.48. The third-order valence-electron chi connectivity index (χ3n) is 4.39. The molecule has 0 N–H and O–H groups in total. The molecule has 4 rings (SSSR count). The molecule has 0 fully saturated rings. The van der Waals surface area contributed by atoms with Crippen molar-refractivity contribution >= 4 is 56.7 Å². The van der Waals surface area contributed by atoms with E-state index in [-0.39, 0.29) is 5.91 Å². The van der Waals surface area contributed by atoms with Crippen molar-refractivity contribution in [3.05, 3.63) is 65.1 Å². The first-order valence-electron chi connectivity index (χ1n) is 8.88. The monoisotopic (exact) mass is 487 g/mol. The fourth-order valence-electron chi connectivity index (χ4n) is 3.09. The first-order valence-corrected chi connectivity index (χ1v) is 11.5. The molecule has 0 radical (unpaired) electrons. The smallest absolute Gasteiger partial charge is 0.228 e. The lowest BCUT2D eigenvalue weighted by molar-refractivity contribution is -0.115. The van der Waals surface area contributed by atoms with Gasteiger partial charge in [-0.25, -0.2) is 0 Å². The number of anilines is 2. The van der Waals surface area contributed by atoms with Gasteiger partial charge in [0, 0.05) is 38.2 Å². The van der Waals surface area contributed by atoms with Gasteiger partial charge in [-0.3, -0.25) is 9.69 Å². The molecule has 0 aliphatic carbocycles. The Kier molecular flexibility index (Phi) is 6.08. The Morgan fingerprint density at radius 1 is 1.03 bits per heavy atom.